The van der Waals surface area contributed by atoms with Crippen molar-refractivity contribution in [3.05, 3.63) is 80.9 Å². The van der Waals surface area contributed by atoms with E-state index in [1.165, 1.54) is 23.1 Å². The van der Waals surface area contributed by atoms with E-state index < -0.39 is 0 Å². The van der Waals surface area contributed by atoms with Gasteiger partial charge in [-0.25, -0.2) is 4.98 Å². The molecular weight excluding hydrogens is 438 g/mol. The molecule has 2 aromatic carbocycles. The zero-order valence-electron chi connectivity index (χ0n) is 16.1. The lowest BCUT2D eigenvalue weighted by Gasteiger charge is -2.12. The number of para-hydroxylation sites is 2. The number of hydrogen-bond donors (Lipinski definition) is 1. The van der Waals surface area contributed by atoms with Gasteiger partial charge in [-0.05, 0) is 36.8 Å². The Balaban J connectivity index is 1.68. The maximum Gasteiger partial charge on any atom is 0.267 e. The summed E-state index contributed by atoms with van der Waals surface area (Å²) in [6, 6.07) is 18.3. The highest BCUT2D eigenvalue weighted by atomic mass is 35.5. The number of hydrogen-bond acceptors (Lipinski definition) is 5. The summed E-state index contributed by atoms with van der Waals surface area (Å²) in [5, 5.41) is 4.36. The van der Waals surface area contributed by atoms with Crippen LogP contribution in [0.15, 0.2) is 70.6 Å². The third kappa shape index (κ3) is 4.28. The number of anilines is 1. The van der Waals surface area contributed by atoms with Crippen molar-refractivity contribution in [1.29, 1.82) is 0 Å². The third-order valence-electron chi connectivity index (χ3n) is 4.43. The Morgan fingerprint density at radius 2 is 1.90 bits per heavy atom. The summed E-state index contributed by atoms with van der Waals surface area (Å²) < 4.78 is 1.57. The predicted molar refractivity (Wildman–Crippen MR) is 125 cm³/mol. The summed E-state index contributed by atoms with van der Waals surface area (Å²) in [5.74, 6) is -0.121. The second-order valence-corrected chi connectivity index (χ2v) is 8.94. The number of nitrogens with zero attached hydrogens (tertiary/aromatic N) is 2. The molecule has 2 heterocycles. The van der Waals surface area contributed by atoms with Crippen LogP contribution in [0.3, 0.4) is 0 Å². The summed E-state index contributed by atoms with van der Waals surface area (Å²) in [5.41, 5.74) is 1.14. The number of rotatable bonds is 6. The summed E-state index contributed by atoms with van der Waals surface area (Å²) in [6.45, 7) is 2.05. The van der Waals surface area contributed by atoms with E-state index in [2.05, 4.69) is 12.2 Å². The Kier molecular flexibility index (Phi) is 6.22. The Morgan fingerprint density at radius 1 is 1.17 bits per heavy atom. The lowest BCUT2D eigenvalue weighted by Crippen LogP contribution is -2.22. The number of amides is 1. The zero-order valence-corrected chi connectivity index (χ0v) is 18.5. The molecule has 0 aliphatic rings. The van der Waals surface area contributed by atoms with Crippen molar-refractivity contribution in [2.75, 3.05) is 11.1 Å². The van der Waals surface area contributed by atoms with Gasteiger partial charge >= 0.3 is 0 Å². The minimum atomic E-state index is -0.220. The van der Waals surface area contributed by atoms with Crippen LogP contribution in [0.2, 0.25) is 5.02 Å². The van der Waals surface area contributed by atoms with Crippen LogP contribution in [0.25, 0.3) is 15.9 Å². The molecule has 5 nitrogen and oxygen atoms in total. The van der Waals surface area contributed by atoms with E-state index in [0.29, 0.717) is 26.1 Å². The molecule has 0 unspecified atom stereocenters. The molecule has 0 saturated carbocycles. The van der Waals surface area contributed by atoms with E-state index in [9.17, 15) is 9.59 Å². The first-order valence-electron chi connectivity index (χ1n) is 9.35. The summed E-state index contributed by atoms with van der Waals surface area (Å²) in [7, 11) is 0. The molecule has 0 radical (unpaired) electrons. The highest BCUT2D eigenvalue weighted by Crippen LogP contribution is 2.27. The topological polar surface area (TPSA) is 64.0 Å². The lowest BCUT2D eigenvalue weighted by atomic mass is 10.3. The normalized spacial score (nSPS) is 11.0. The fourth-order valence-corrected chi connectivity index (χ4v) is 4.97. The SMILES string of the molecule is CCc1cc2c(=O)n(-c3ccccc3)c(SCC(=O)Nc3ccccc3Cl)nc2s1. The molecule has 4 aromatic rings. The molecule has 0 spiro atoms. The molecule has 0 aliphatic heterocycles. The predicted octanol–water partition coefficient (Wildman–Crippen LogP) is 5.39. The number of thiophene rings is 1. The molecule has 4 rings (SSSR count). The van der Waals surface area contributed by atoms with Crippen molar-refractivity contribution in [2.24, 2.45) is 0 Å². The van der Waals surface area contributed by atoms with Crippen molar-refractivity contribution in [3.8, 4) is 5.69 Å². The molecule has 2 aromatic heterocycles. The highest BCUT2D eigenvalue weighted by molar-refractivity contribution is 7.99. The quantitative estimate of drug-likeness (QED) is 0.312. The maximum atomic E-state index is 13.3. The molecule has 30 heavy (non-hydrogen) atoms. The van der Waals surface area contributed by atoms with Crippen molar-refractivity contribution in [3.63, 3.8) is 0 Å². The van der Waals surface area contributed by atoms with Gasteiger partial charge in [0.25, 0.3) is 5.56 Å². The molecule has 1 N–H and O–H groups in total. The number of halogens is 1. The molecule has 0 atom stereocenters. The minimum Gasteiger partial charge on any atom is -0.324 e. The van der Waals surface area contributed by atoms with E-state index in [4.69, 9.17) is 16.6 Å². The molecule has 0 fully saturated rings. The zero-order chi connectivity index (χ0) is 21.1. The van der Waals surface area contributed by atoms with Crippen molar-refractivity contribution in [2.45, 2.75) is 18.5 Å². The molecular formula is C22H18ClN3O2S2. The molecule has 0 bridgehead atoms. The van der Waals surface area contributed by atoms with E-state index in [-0.39, 0.29) is 17.2 Å². The Labute approximate surface area is 186 Å². The number of carbonyl (C=O) groups is 1. The van der Waals surface area contributed by atoms with E-state index >= 15 is 0 Å². The van der Waals surface area contributed by atoms with Gasteiger partial charge in [0.2, 0.25) is 5.91 Å². The lowest BCUT2D eigenvalue weighted by molar-refractivity contribution is -0.113. The van der Waals surface area contributed by atoms with Gasteiger partial charge in [-0.1, -0.05) is 60.6 Å². The summed E-state index contributed by atoms with van der Waals surface area (Å²) >= 11 is 8.85. The van der Waals surface area contributed by atoms with Crippen LogP contribution in [0.5, 0.6) is 0 Å². The average Bonchev–Trinajstić information content (AvgIpc) is 3.18. The third-order valence-corrected chi connectivity index (χ3v) is 6.87. The number of aryl methyl sites for hydroxylation is 1. The standard InChI is InChI=1S/C22H18ClN3O2S2/c1-2-15-12-16-20(30-15)25-22(26(21(16)28)14-8-4-3-5-9-14)29-13-19(27)24-18-11-7-6-10-17(18)23/h3-12H,2,13H2,1H3,(H,24,27). The van der Waals surface area contributed by atoms with Crippen LogP contribution in [0, 0.1) is 0 Å². The van der Waals surface area contributed by atoms with Crippen LogP contribution >= 0.6 is 34.7 Å². The van der Waals surface area contributed by atoms with Crippen LogP contribution in [-0.2, 0) is 11.2 Å². The first-order chi connectivity index (χ1) is 14.6. The van der Waals surface area contributed by atoms with Gasteiger partial charge in [0.15, 0.2) is 5.16 Å². The number of thioether (sulfide) groups is 1. The van der Waals surface area contributed by atoms with Gasteiger partial charge in [-0.3, -0.25) is 14.2 Å². The molecule has 1 amide bonds. The number of benzene rings is 2. The summed E-state index contributed by atoms with van der Waals surface area (Å²) in [6.07, 6.45) is 0.842. The largest absolute Gasteiger partial charge is 0.324 e. The van der Waals surface area contributed by atoms with E-state index in [1.807, 2.05) is 36.4 Å². The van der Waals surface area contributed by atoms with Gasteiger partial charge < -0.3 is 5.32 Å². The minimum absolute atomic E-state index is 0.0992. The Hall–Kier alpha value is -2.61. The van der Waals surface area contributed by atoms with Gasteiger partial charge in [0.05, 0.1) is 27.5 Å². The van der Waals surface area contributed by atoms with Gasteiger partial charge in [-0.15, -0.1) is 11.3 Å². The summed E-state index contributed by atoms with van der Waals surface area (Å²) in [4.78, 5) is 32.3. The fourth-order valence-electron chi connectivity index (χ4n) is 2.97. The number of fused-ring (bicyclic) bond motifs is 1. The molecule has 8 heteroatoms. The van der Waals surface area contributed by atoms with Crippen LogP contribution in [0.1, 0.15) is 11.8 Å². The van der Waals surface area contributed by atoms with Gasteiger partial charge in [0, 0.05) is 4.88 Å². The maximum absolute atomic E-state index is 13.3. The molecule has 0 aliphatic carbocycles. The fraction of sp³-hybridized carbons (Fsp3) is 0.136. The van der Waals surface area contributed by atoms with Crippen LogP contribution < -0.4 is 10.9 Å². The van der Waals surface area contributed by atoms with Crippen LogP contribution in [-0.4, -0.2) is 21.2 Å². The van der Waals surface area contributed by atoms with E-state index in [0.717, 1.165) is 17.0 Å². The van der Waals surface area contributed by atoms with Crippen molar-refractivity contribution >= 4 is 56.5 Å². The van der Waals surface area contributed by atoms with Crippen LogP contribution in [0.4, 0.5) is 5.69 Å². The number of aromatic nitrogens is 2. The van der Waals surface area contributed by atoms with Gasteiger partial charge in [-0.2, -0.15) is 0 Å². The van der Waals surface area contributed by atoms with E-state index in [1.54, 1.807) is 28.8 Å². The second-order valence-electron chi connectivity index (χ2n) is 6.47. The van der Waals surface area contributed by atoms with Crippen molar-refractivity contribution in [1.82, 2.24) is 9.55 Å². The first-order valence-corrected chi connectivity index (χ1v) is 11.5. The molecule has 0 saturated heterocycles. The monoisotopic (exact) mass is 455 g/mol. The number of nitrogens with one attached hydrogen (secondary N) is 1. The first kappa shape index (κ1) is 20.7. The van der Waals surface area contributed by atoms with Gasteiger partial charge in [0.1, 0.15) is 4.83 Å². The average molecular weight is 456 g/mol. The highest BCUT2D eigenvalue weighted by Gasteiger charge is 2.17. The Bertz CT molecular complexity index is 1270. The Morgan fingerprint density at radius 3 is 2.63 bits per heavy atom. The van der Waals surface area contributed by atoms with Crippen molar-refractivity contribution < 1.29 is 4.79 Å². The molecule has 152 valence electrons. The number of carbonyl (C=O) groups excluding carboxylic acids is 1. The smallest absolute Gasteiger partial charge is 0.267 e. The second kappa shape index (κ2) is 9.04.